The standard InChI is InChI=1S/C33H38ClF3N4O3/c1-2-44-31(43)27-20-38-41(29(27)33(35,36)37)25-9-6-16-40(21-25)28-19-32(34,15-12-26(28)22-7-4-3-5-8-22)24-13-17-39(18-14-24)30(42)23-10-11-23/h3-5,7-8,12,15,20,23-25H,2,6,9-11,13-14,16-19,21H2,1H3. The van der Waals surface area contributed by atoms with Gasteiger partial charge in [0, 0.05) is 49.8 Å². The van der Waals surface area contributed by atoms with Gasteiger partial charge in [-0.25, -0.2) is 4.79 Å². The monoisotopic (exact) mass is 630 g/mol. The third-order valence-electron chi connectivity index (χ3n) is 9.46. The van der Waals surface area contributed by atoms with Crippen LogP contribution >= 0.6 is 11.6 Å². The second kappa shape index (κ2) is 12.3. The molecule has 2 aliphatic carbocycles. The lowest BCUT2D eigenvalue weighted by Crippen LogP contribution is -2.46. The number of likely N-dealkylation sites (tertiary alicyclic amines) is 2. The summed E-state index contributed by atoms with van der Waals surface area (Å²) in [7, 11) is 0. The van der Waals surface area contributed by atoms with Gasteiger partial charge in [-0.15, -0.1) is 11.6 Å². The Kier molecular flexibility index (Phi) is 8.56. The Bertz CT molecular complexity index is 1440. The fourth-order valence-corrected chi connectivity index (χ4v) is 7.43. The van der Waals surface area contributed by atoms with Gasteiger partial charge in [-0.3, -0.25) is 9.48 Å². The fraction of sp³-hybridized carbons (Fsp3) is 0.545. The highest BCUT2D eigenvalue weighted by Crippen LogP contribution is 2.47. The Balaban J connectivity index is 1.28. The first-order chi connectivity index (χ1) is 21.1. The van der Waals surface area contributed by atoms with Crippen molar-refractivity contribution < 1.29 is 27.5 Å². The highest BCUT2D eigenvalue weighted by molar-refractivity contribution is 6.26. The Labute approximate surface area is 260 Å². The van der Waals surface area contributed by atoms with Crippen molar-refractivity contribution in [2.45, 2.75) is 69.0 Å². The molecular weight excluding hydrogens is 593 g/mol. The van der Waals surface area contributed by atoms with E-state index in [9.17, 15) is 22.8 Å². The minimum Gasteiger partial charge on any atom is -0.462 e. The molecule has 11 heteroatoms. The molecule has 1 aromatic carbocycles. The highest BCUT2D eigenvalue weighted by Gasteiger charge is 2.45. The molecule has 3 fully saturated rings. The molecule has 6 rings (SSSR count). The first-order valence-electron chi connectivity index (χ1n) is 15.6. The average Bonchev–Trinajstić information content (AvgIpc) is 3.77. The lowest BCUT2D eigenvalue weighted by Gasteiger charge is -2.45. The van der Waals surface area contributed by atoms with Crippen molar-refractivity contribution in [1.29, 1.82) is 0 Å². The zero-order chi connectivity index (χ0) is 31.1. The second-order valence-electron chi connectivity index (χ2n) is 12.3. The predicted octanol–water partition coefficient (Wildman–Crippen LogP) is 6.71. The SMILES string of the molecule is CCOC(=O)c1cnn(C2CCCN(C3=C(c4ccccc4)C=CC(Cl)(C4CCN(C(=O)C5CC5)CC4)C3)C2)c1C(F)(F)F. The second-order valence-corrected chi connectivity index (χ2v) is 13.1. The number of ether oxygens (including phenoxy) is 1. The molecule has 3 heterocycles. The smallest absolute Gasteiger partial charge is 0.433 e. The summed E-state index contributed by atoms with van der Waals surface area (Å²) in [6.07, 6.45) is 5.63. The van der Waals surface area contributed by atoms with Gasteiger partial charge in [0.25, 0.3) is 0 Å². The molecule has 1 amide bonds. The summed E-state index contributed by atoms with van der Waals surface area (Å²) in [6.45, 7) is 3.89. The number of hydrogen-bond donors (Lipinski definition) is 0. The molecule has 2 aromatic rings. The Morgan fingerprint density at radius 1 is 1.07 bits per heavy atom. The van der Waals surface area contributed by atoms with E-state index in [0.29, 0.717) is 45.4 Å². The number of hydrogen-bond acceptors (Lipinski definition) is 5. The third-order valence-corrected chi connectivity index (χ3v) is 10.0. The maximum Gasteiger partial charge on any atom is 0.433 e. The number of carbonyl (C=O) groups is 2. The summed E-state index contributed by atoms with van der Waals surface area (Å²) in [5.41, 5.74) is 1.40. The van der Waals surface area contributed by atoms with Gasteiger partial charge in [0.05, 0.1) is 23.7 Å². The molecule has 2 atom stereocenters. The van der Waals surface area contributed by atoms with Crippen LogP contribution in [0.25, 0.3) is 5.57 Å². The van der Waals surface area contributed by atoms with E-state index in [-0.39, 0.29) is 24.3 Å². The number of benzene rings is 1. The number of rotatable bonds is 7. The number of esters is 1. The summed E-state index contributed by atoms with van der Waals surface area (Å²) in [6, 6.07) is 9.36. The molecule has 0 bridgehead atoms. The third kappa shape index (κ3) is 6.14. The summed E-state index contributed by atoms with van der Waals surface area (Å²) in [4.78, 5) is 28.5. The maximum atomic E-state index is 14.3. The predicted molar refractivity (Wildman–Crippen MR) is 161 cm³/mol. The number of amides is 1. The van der Waals surface area contributed by atoms with Crippen molar-refractivity contribution >= 4 is 29.1 Å². The van der Waals surface area contributed by atoms with Crippen LogP contribution < -0.4 is 0 Å². The molecule has 7 nitrogen and oxygen atoms in total. The van der Waals surface area contributed by atoms with Gasteiger partial charge in [-0.05, 0) is 56.9 Å². The summed E-state index contributed by atoms with van der Waals surface area (Å²) < 4.78 is 48.8. The van der Waals surface area contributed by atoms with E-state index in [1.54, 1.807) is 6.92 Å². The van der Waals surface area contributed by atoms with Crippen molar-refractivity contribution in [3.8, 4) is 0 Å². The van der Waals surface area contributed by atoms with Crippen LogP contribution in [0.2, 0.25) is 0 Å². The average molecular weight is 631 g/mol. The minimum absolute atomic E-state index is 0.0293. The van der Waals surface area contributed by atoms with Crippen LogP contribution in [0, 0.1) is 11.8 Å². The van der Waals surface area contributed by atoms with Crippen LogP contribution in [0.4, 0.5) is 13.2 Å². The largest absolute Gasteiger partial charge is 0.462 e. The maximum absolute atomic E-state index is 14.3. The van der Waals surface area contributed by atoms with Crippen molar-refractivity contribution in [3.05, 3.63) is 71.2 Å². The molecule has 4 aliphatic rings. The topological polar surface area (TPSA) is 67.7 Å². The van der Waals surface area contributed by atoms with Crippen LogP contribution in [-0.4, -0.2) is 69.1 Å². The number of piperidine rings is 2. The zero-order valence-electron chi connectivity index (χ0n) is 24.9. The van der Waals surface area contributed by atoms with Crippen LogP contribution in [-0.2, 0) is 15.7 Å². The van der Waals surface area contributed by atoms with E-state index < -0.39 is 34.3 Å². The summed E-state index contributed by atoms with van der Waals surface area (Å²) >= 11 is 7.46. The highest BCUT2D eigenvalue weighted by atomic mass is 35.5. The molecule has 236 valence electrons. The van der Waals surface area contributed by atoms with Gasteiger partial charge in [0.1, 0.15) is 5.56 Å². The van der Waals surface area contributed by atoms with Gasteiger partial charge in [0.2, 0.25) is 5.91 Å². The van der Waals surface area contributed by atoms with Crippen molar-refractivity contribution in [3.63, 3.8) is 0 Å². The molecular formula is C33H38ClF3N4O3. The van der Waals surface area contributed by atoms with Crippen molar-refractivity contribution in [1.82, 2.24) is 19.6 Å². The normalized spacial score (nSPS) is 25.0. The van der Waals surface area contributed by atoms with E-state index in [2.05, 4.69) is 22.2 Å². The quantitative estimate of drug-likeness (QED) is 0.251. The van der Waals surface area contributed by atoms with Gasteiger partial charge >= 0.3 is 12.1 Å². The molecule has 1 aromatic heterocycles. The fourth-order valence-electron chi connectivity index (χ4n) is 7.02. The first kappa shape index (κ1) is 30.7. The summed E-state index contributed by atoms with van der Waals surface area (Å²) in [5.74, 6) is -0.406. The van der Waals surface area contributed by atoms with E-state index in [1.165, 1.54) is 0 Å². The molecule has 2 saturated heterocycles. The van der Waals surface area contributed by atoms with E-state index in [4.69, 9.17) is 16.3 Å². The molecule has 2 aliphatic heterocycles. The van der Waals surface area contributed by atoms with Gasteiger partial charge < -0.3 is 14.5 Å². The molecule has 0 radical (unpaired) electrons. The minimum atomic E-state index is -4.77. The van der Waals surface area contributed by atoms with Crippen molar-refractivity contribution in [2.75, 3.05) is 32.8 Å². The van der Waals surface area contributed by atoms with Crippen LogP contribution in [0.15, 0.2) is 54.4 Å². The zero-order valence-corrected chi connectivity index (χ0v) is 25.6. The lowest BCUT2D eigenvalue weighted by molar-refractivity contribution is -0.146. The van der Waals surface area contributed by atoms with Gasteiger partial charge in [0.15, 0.2) is 5.69 Å². The Morgan fingerprint density at radius 2 is 1.80 bits per heavy atom. The molecule has 0 spiro atoms. The molecule has 1 saturated carbocycles. The lowest BCUT2D eigenvalue weighted by atomic mass is 9.76. The van der Waals surface area contributed by atoms with Crippen LogP contribution in [0.5, 0.6) is 0 Å². The molecule has 44 heavy (non-hydrogen) atoms. The van der Waals surface area contributed by atoms with Crippen LogP contribution in [0.3, 0.4) is 0 Å². The Hall–Kier alpha value is -3.27. The summed E-state index contributed by atoms with van der Waals surface area (Å²) in [5, 5.41) is 4.09. The number of nitrogens with zero attached hydrogens (tertiary/aromatic N) is 4. The number of aromatic nitrogens is 2. The van der Waals surface area contributed by atoms with E-state index >= 15 is 0 Å². The number of allylic oxidation sites excluding steroid dienone is 4. The van der Waals surface area contributed by atoms with Gasteiger partial charge in [-0.2, -0.15) is 18.3 Å². The van der Waals surface area contributed by atoms with Gasteiger partial charge in [-0.1, -0.05) is 42.5 Å². The molecule has 0 N–H and O–H groups in total. The van der Waals surface area contributed by atoms with Crippen molar-refractivity contribution in [2.24, 2.45) is 11.8 Å². The first-order valence-corrected chi connectivity index (χ1v) is 16.0. The number of carbonyl (C=O) groups excluding carboxylic acids is 2. The van der Waals surface area contributed by atoms with E-state index in [1.807, 2.05) is 35.2 Å². The van der Waals surface area contributed by atoms with E-state index in [0.717, 1.165) is 53.4 Å². The van der Waals surface area contributed by atoms with Crippen LogP contribution in [0.1, 0.15) is 79.5 Å². The Morgan fingerprint density at radius 3 is 2.45 bits per heavy atom. The number of halogens is 4. The number of alkyl halides is 4. The molecule has 2 unspecified atom stereocenters.